The number of carbonyl (C=O) groups excluding carboxylic acids is 1. The van der Waals surface area contributed by atoms with Crippen molar-refractivity contribution in [2.75, 3.05) is 33.7 Å². The summed E-state index contributed by atoms with van der Waals surface area (Å²) >= 11 is 0. The van der Waals surface area contributed by atoms with Crippen LogP contribution in [0.4, 0.5) is 4.79 Å². The first-order valence-corrected chi connectivity index (χ1v) is 4.81. The van der Waals surface area contributed by atoms with Gasteiger partial charge in [0.05, 0.1) is 0 Å². The van der Waals surface area contributed by atoms with Crippen molar-refractivity contribution in [3.8, 4) is 0 Å². The summed E-state index contributed by atoms with van der Waals surface area (Å²) in [5.41, 5.74) is 5.41. The van der Waals surface area contributed by atoms with Gasteiger partial charge in [0.15, 0.2) is 0 Å². The van der Waals surface area contributed by atoms with Crippen LogP contribution in [0.2, 0.25) is 0 Å². The first kappa shape index (κ1) is 10.3. The van der Waals surface area contributed by atoms with Gasteiger partial charge in [0.2, 0.25) is 0 Å². The van der Waals surface area contributed by atoms with Crippen LogP contribution in [-0.4, -0.2) is 49.6 Å². The Morgan fingerprint density at radius 1 is 1.54 bits per heavy atom. The molecule has 0 spiro atoms. The predicted molar refractivity (Wildman–Crippen MR) is 52.4 cm³/mol. The Hall–Kier alpha value is -0.770. The van der Waals surface area contributed by atoms with E-state index in [1.54, 1.807) is 19.0 Å². The number of hydrogen-bond acceptors (Lipinski definition) is 2. The van der Waals surface area contributed by atoms with Crippen molar-refractivity contribution in [1.82, 2.24) is 9.80 Å². The van der Waals surface area contributed by atoms with Crippen LogP contribution in [0.5, 0.6) is 0 Å². The van der Waals surface area contributed by atoms with Crippen molar-refractivity contribution >= 4 is 6.03 Å². The van der Waals surface area contributed by atoms with Crippen LogP contribution in [0.1, 0.15) is 12.8 Å². The quantitative estimate of drug-likeness (QED) is 0.689. The van der Waals surface area contributed by atoms with Gasteiger partial charge in [-0.1, -0.05) is 0 Å². The van der Waals surface area contributed by atoms with Gasteiger partial charge >= 0.3 is 6.03 Å². The maximum absolute atomic E-state index is 11.4. The van der Waals surface area contributed by atoms with Crippen LogP contribution in [0, 0.1) is 5.92 Å². The number of carbonyl (C=O) groups is 1. The molecular formula is C9H19N3O. The van der Waals surface area contributed by atoms with Gasteiger partial charge in [0.1, 0.15) is 0 Å². The molecule has 1 aliphatic rings. The highest BCUT2D eigenvalue weighted by Crippen LogP contribution is 2.20. The van der Waals surface area contributed by atoms with Crippen molar-refractivity contribution in [1.29, 1.82) is 0 Å². The Labute approximate surface area is 79.7 Å². The number of likely N-dealkylation sites (tertiary alicyclic amines) is 1. The SMILES string of the molecule is CN(C)C(=O)N1CC(CCCN)C1. The first-order chi connectivity index (χ1) is 6.15. The average Bonchev–Trinajstić information content (AvgIpc) is 2.01. The third-order valence-corrected chi connectivity index (χ3v) is 2.43. The second-order valence-electron chi connectivity index (χ2n) is 3.88. The smallest absolute Gasteiger partial charge is 0.319 e. The molecule has 76 valence electrons. The molecule has 13 heavy (non-hydrogen) atoms. The standard InChI is InChI=1S/C9H19N3O/c1-11(2)9(13)12-6-8(7-12)4-3-5-10/h8H,3-7,10H2,1-2H3. The van der Waals surface area contributed by atoms with Gasteiger partial charge in [-0.25, -0.2) is 4.79 Å². The number of nitrogens with two attached hydrogens (primary N) is 1. The third kappa shape index (κ3) is 2.59. The number of urea groups is 1. The molecule has 1 saturated heterocycles. The van der Waals surface area contributed by atoms with E-state index in [9.17, 15) is 4.79 Å². The lowest BCUT2D eigenvalue weighted by atomic mass is 9.95. The summed E-state index contributed by atoms with van der Waals surface area (Å²) in [4.78, 5) is 14.9. The Morgan fingerprint density at radius 3 is 2.62 bits per heavy atom. The molecule has 0 aromatic heterocycles. The largest absolute Gasteiger partial charge is 0.331 e. The van der Waals surface area contributed by atoms with E-state index in [0.717, 1.165) is 32.5 Å². The van der Waals surface area contributed by atoms with Gasteiger partial charge in [0.25, 0.3) is 0 Å². The van der Waals surface area contributed by atoms with E-state index >= 15 is 0 Å². The summed E-state index contributed by atoms with van der Waals surface area (Å²) in [5, 5.41) is 0. The lowest BCUT2D eigenvalue weighted by Gasteiger charge is -2.40. The van der Waals surface area contributed by atoms with Gasteiger partial charge < -0.3 is 15.5 Å². The molecule has 1 rings (SSSR count). The molecule has 0 saturated carbocycles. The average molecular weight is 185 g/mol. The summed E-state index contributed by atoms with van der Waals surface area (Å²) in [6.07, 6.45) is 2.24. The van der Waals surface area contributed by atoms with Crippen molar-refractivity contribution in [2.45, 2.75) is 12.8 Å². The highest BCUT2D eigenvalue weighted by molar-refractivity contribution is 5.74. The highest BCUT2D eigenvalue weighted by atomic mass is 16.2. The van der Waals surface area contributed by atoms with E-state index in [1.807, 2.05) is 4.90 Å². The predicted octanol–water partition coefficient (Wildman–Crippen LogP) is 0.339. The van der Waals surface area contributed by atoms with Crippen molar-refractivity contribution in [3.63, 3.8) is 0 Å². The molecule has 2 N–H and O–H groups in total. The molecule has 4 heteroatoms. The minimum absolute atomic E-state index is 0.129. The number of rotatable bonds is 3. The van der Waals surface area contributed by atoms with Crippen LogP contribution in [0.25, 0.3) is 0 Å². The van der Waals surface area contributed by atoms with Gasteiger partial charge in [-0.05, 0) is 25.3 Å². The van der Waals surface area contributed by atoms with Gasteiger partial charge in [-0.2, -0.15) is 0 Å². The molecule has 0 unspecified atom stereocenters. The summed E-state index contributed by atoms with van der Waals surface area (Å²) < 4.78 is 0. The topological polar surface area (TPSA) is 49.6 Å². The molecule has 0 aromatic rings. The molecule has 0 aliphatic carbocycles. The molecule has 0 atom stereocenters. The summed E-state index contributed by atoms with van der Waals surface area (Å²) in [6, 6.07) is 0.129. The molecular weight excluding hydrogens is 166 g/mol. The molecule has 1 heterocycles. The maximum Gasteiger partial charge on any atom is 0.319 e. The van der Waals surface area contributed by atoms with Crippen molar-refractivity contribution in [3.05, 3.63) is 0 Å². The van der Waals surface area contributed by atoms with Crippen LogP contribution in [-0.2, 0) is 0 Å². The lowest BCUT2D eigenvalue weighted by molar-refractivity contribution is 0.0967. The zero-order valence-corrected chi connectivity index (χ0v) is 8.49. The fraction of sp³-hybridized carbons (Fsp3) is 0.889. The molecule has 4 nitrogen and oxygen atoms in total. The van der Waals surface area contributed by atoms with E-state index in [-0.39, 0.29) is 6.03 Å². The normalized spacial score (nSPS) is 17.0. The zero-order chi connectivity index (χ0) is 9.84. The highest BCUT2D eigenvalue weighted by Gasteiger charge is 2.30. The maximum atomic E-state index is 11.4. The molecule has 1 aliphatic heterocycles. The Balaban J connectivity index is 2.14. The molecule has 0 bridgehead atoms. The first-order valence-electron chi connectivity index (χ1n) is 4.81. The molecule has 2 amide bonds. The van der Waals surface area contributed by atoms with Crippen molar-refractivity contribution < 1.29 is 4.79 Å². The van der Waals surface area contributed by atoms with Crippen LogP contribution < -0.4 is 5.73 Å². The zero-order valence-electron chi connectivity index (χ0n) is 8.49. The number of amides is 2. The van der Waals surface area contributed by atoms with Crippen molar-refractivity contribution in [2.24, 2.45) is 11.7 Å². The Bertz CT molecular complexity index is 176. The van der Waals surface area contributed by atoms with Gasteiger partial charge in [-0.15, -0.1) is 0 Å². The van der Waals surface area contributed by atoms with E-state index in [1.165, 1.54) is 0 Å². The minimum Gasteiger partial charge on any atom is -0.331 e. The fourth-order valence-corrected chi connectivity index (χ4v) is 1.60. The molecule has 0 radical (unpaired) electrons. The van der Waals surface area contributed by atoms with E-state index < -0.39 is 0 Å². The minimum atomic E-state index is 0.129. The van der Waals surface area contributed by atoms with E-state index in [0.29, 0.717) is 5.92 Å². The summed E-state index contributed by atoms with van der Waals surface area (Å²) in [5.74, 6) is 0.687. The molecule has 0 aromatic carbocycles. The molecule has 1 fully saturated rings. The third-order valence-electron chi connectivity index (χ3n) is 2.43. The lowest BCUT2D eigenvalue weighted by Crippen LogP contribution is -2.53. The number of nitrogens with zero attached hydrogens (tertiary/aromatic N) is 2. The fourth-order valence-electron chi connectivity index (χ4n) is 1.60. The van der Waals surface area contributed by atoms with Crippen LogP contribution >= 0.6 is 0 Å². The van der Waals surface area contributed by atoms with Gasteiger partial charge in [-0.3, -0.25) is 0 Å². The summed E-state index contributed by atoms with van der Waals surface area (Å²) in [7, 11) is 3.57. The van der Waals surface area contributed by atoms with E-state index in [4.69, 9.17) is 5.73 Å². The van der Waals surface area contributed by atoms with E-state index in [2.05, 4.69) is 0 Å². The van der Waals surface area contributed by atoms with Crippen LogP contribution in [0.3, 0.4) is 0 Å². The second kappa shape index (κ2) is 4.46. The van der Waals surface area contributed by atoms with Gasteiger partial charge in [0, 0.05) is 27.2 Å². The van der Waals surface area contributed by atoms with Crippen LogP contribution in [0.15, 0.2) is 0 Å². The monoisotopic (exact) mass is 185 g/mol. The number of hydrogen-bond donors (Lipinski definition) is 1. The Morgan fingerprint density at radius 2 is 2.15 bits per heavy atom. The second-order valence-corrected chi connectivity index (χ2v) is 3.88. The summed E-state index contributed by atoms with van der Waals surface area (Å²) in [6.45, 7) is 2.59. The Kier molecular flexibility index (Phi) is 3.54.